The van der Waals surface area contributed by atoms with Gasteiger partial charge in [-0.1, -0.05) is 15.9 Å². The Bertz CT molecular complexity index is 371. The van der Waals surface area contributed by atoms with Crippen molar-refractivity contribution in [3.63, 3.8) is 0 Å². The maximum atomic E-state index is 13.3. The van der Waals surface area contributed by atoms with Crippen LogP contribution < -0.4 is 0 Å². The lowest BCUT2D eigenvalue weighted by Gasteiger charge is -2.21. The molecule has 0 spiro atoms. The molecular formula is C14H20BrFN2. The van der Waals surface area contributed by atoms with Crippen molar-refractivity contribution in [1.82, 2.24) is 9.80 Å². The van der Waals surface area contributed by atoms with Crippen LogP contribution in [0.4, 0.5) is 4.39 Å². The summed E-state index contributed by atoms with van der Waals surface area (Å²) in [4.78, 5) is 4.75. The summed E-state index contributed by atoms with van der Waals surface area (Å²) in [6, 6.07) is 5.08. The van der Waals surface area contributed by atoms with Gasteiger partial charge in [-0.2, -0.15) is 0 Å². The number of hydrogen-bond donors (Lipinski definition) is 0. The van der Waals surface area contributed by atoms with Crippen molar-refractivity contribution in [1.29, 1.82) is 0 Å². The number of nitrogens with zero attached hydrogens (tertiary/aromatic N) is 2. The first-order valence-electron chi connectivity index (χ1n) is 6.49. The van der Waals surface area contributed by atoms with Crippen LogP contribution in [0.3, 0.4) is 0 Å². The van der Waals surface area contributed by atoms with Gasteiger partial charge in [0, 0.05) is 24.1 Å². The summed E-state index contributed by atoms with van der Waals surface area (Å²) in [6.07, 6.45) is 2.67. The van der Waals surface area contributed by atoms with Gasteiger partial charge in [0.15, 0.2) is 0 Å². The molecule has 18 heavy (non-hydrogen) atoms. The SMILES string of the molecule is CN(CCN1CCCC1)Cc1cc(F)cc(Br)c1. The highest BCUT2D eigenvalue weighted by Gasteiger charge is 2.12. The Kier molecular flexibility index (Phi) is 5.15. The summed E-state index contributed by atoms with van der Waals surface area (Å²) >= 11 is 3.33. The third kappa shape index (κ3) is 4.34. The molecule has 0 aliphatic carbocycles. The third-order valence-corrected chi connectivity index (χ3v) is 3.83. The van der Waals surface area contributed by atoms with Crippen LogP contribution in [-0.2, 0) is 6.54 Å². The highest BCUT2D eigenvalue weighted by atomic mass is 79.9. The molecule has 1 aromatic carbocycles. The summed E-state index contributed by atoms with van der Waals surface area (Å²) in [6.45, 7) is 5.42. The molecule has 1 aromatic rings. The fraction of sp³-hybridized carbons (Fsp3) is 0.571. The standard InChI is InChI=1S/C14H20BrFN2/c1-17(6-7-18-4-2-3-5-18)11-12-8-13(15)10-14(16)9-12/h8-10H,2-7,11H2,1H3. The Hall–Kier alpha value is -0.450. The van der Waals surface area contributed by atoms with Crippen molar-refractivity contribution in [2.75, 3.05) is 33.2 Å². The second kappa shape index (κ2) is 6.64. The minimum atomic E-state index is -0.174. The van der Waals surface area contributed by atoms with Crippen molar-refractivity contribution < 1.29 is 4.39 Å². The van der Waals surface area contributed by atoms with E-state index in [1.54, 1.807) is 6.07 Å². The van der Waals surface area contributed by atoms with E-state index in [1.165, 1.54) is 32.0 Å². The molecule has 0 bridgehead atoms. The monoisotopic (exact) mass is 314 g/mol. The average molecular weight is 315 g/mol. The Morgan fingerprint density at radius 3 is 2.67 bits per heavy atom. The number of likely N-dealkylation sites (N-methyl/N-ethyl adjacent to an activating group) is 1. The van der Waals surface area contributed by atoms with Gasteiger partial charge in [-0.25, -0.2) is 4.39 Å². The van der Waals surface area contributed by atoms with Crippen LogP contribution in [0.5, 0.6) is 0 Å². The predicted molar refractivity (Wildman–Crippen MR) is 76.1 cm³/mol. The van der Waals surface area contributed by atoms with E-state index in [-0.39, 0.29) is 5.82 Å². The van der Waals surface area contributed by atoms with Gasteiger partial charge in [-0.15, -0.1) is 0 Å². The predicted octanol–water partition coefficient (Wildman–Crippen LogP) is 3.12. The van der Waals surface area contributed by atoms with Crippen LogP contribution >= 0.6 is 15.9 Å². The highest BCUT2D eigenvalue weighted by molar-refractivity contribution is 9.10. The summed E-state index contributed by atoms with van der Waals surface area (Å²) in [5.41, 5.74) is 1.02. The highest BCUT2D eigenvalue weighted by Crippen LogP contribution is 2.16. The summed E-state index contributed by atoms with van der Waals surface area (Å²) in [5, 5.41) is 0. The molecule has 0 N–H and O–H groups in total. The molecule has 1 heterocycles. The smallest absolute Gasteiger partial charge is 0.124 e. The van der Waals surface area contributed by atoms with E-state index >= 15 is 0 Å². The minimum absolute atomic E-state index is 0.174. The molecule has 1 aliphatic rings. The molecule has 2 nitrogen and oxygen atoms in total. The lowest BCUT2D eigenvalue weighted by molar-refractivity contribution is 0.252. The van der Waals surface area contributed by atoms with E-state index in [1.807, 2.05) is 6.07 Å². The van der Waals surface area contributed by atoms with Gasteiger partial charge < -0.3 is 9.80 Å². The molecule has 1 saturated heterocycles. The molecule has 0 saturated carbocycles. The zero-order chi connectivity index (χ0) is 13.0. The first kappa shape index (κ1) is 14.0. The van der Waals surface area contributed by atoms with Crippen LogP contribution in [0.1, 0.15) is 18.4 Å². The Labute approximate surface area is 117 Å². The zero-order valence-electron chi connectivity index (χ0n) is 10.8. The second-order valence-corrected chi connectivity index (χ2v) is 5.98. The number of hydrogen-bond acceptors (Lipinski definition) is 2. The summed E-state index contributed by atoms with van der Waals surface area (Å²) in [5.74, 6) is -0.174. The topological polar surface area (TPSA) is 6.48 Å². The van der Waals surface area contributed by atoms with Crippen LogP contribution in [0, 0.1) is 5.82 Å². The number of halogens is 2. The molecule has 0 amide bonds. The van der Waals surface area contributed by atoms with Gasteiger partial charge in [-0.05, 0) is 56.7 Å². The molecule has 0 unspecified atom stereocenters. The quantitative estimate of drug-likeness (QED) is 0.824. The first-order valence-corrected chi connectivity index (χ1v) is 7.28. The van der Waals surface area contributed by atoms with E-state index in [4.69, 9.17) is 0 Å². The van der Waals surface area contributed by atoms with E-state index in [0.29, 0.717) is 0 Å². The van der Waals surface area contributed by atoms with Crippen molar-refractivity contribution in [2.45, 2.75) is 19.4 Å². The van der Waals surface area contributed by atoms with Crippen molar-refractivity contribution >= 4 is 15.9 Å². The van der Waals surface area contributed by atoms with Crippen molar-refractivity contribution in [3.05, 3.63) is 34.1 Å². The van der Waals surface area contributed by atoms with Crippen LogP contribution in [0.2, 0.25) is 0 Å². The number of rotatable bonds is 5. The van der Waals surface area contributed by atoms with Crippen LogP contribution in [0.15, 0.2) is 22.7 Å². The molecule has 4 heteroatoms. The fourth-order valence-corrected chi connectivity index (χ4v) is 2.92. The zero-order valence-corrected chi connectivity index (χ0v) is 12.4. The molecule has 0 radical (unpaired) electrons. The lowest BCUT2D eigenvalue weighted by atomic mass is 10.2. The van der Waals surface area contributed by atoms with Crippen LogP contribution in [-0.4, -0.2) is 43.0 Å². The molecular weight excluding hydrogens is 295 g/mol. The minimum Gasteiger partial charge on any atom is -0.302 e. The van der Waals surface area contributed by atoms with Gasteiger partial charge in [0.05, 0.1) is 0 Å². The third-order valence-electron chi connectivity index (χ3n) is 3.37. The largest absolute Gasteiger partial charge is 0.302 e. The molecule has 1 fully saturated rings. The lowest BCUT2D eigenvalue weighted by Crippen LogP contribution is -2.31. The molecule has 0 atom stereocenters. The Morgan fingerprint density at radius 1 is 1.28 bits per heavy atom. The van der Waals surface area contributed by atoms with E-state index in [9.17, 15) is 4.39 Å². The van der Waals surface area contributed by atoms with Crippen molar-refractivity contribution in [2.24, 2.45) is 0 Å². The Balaban J connectivity index is 1.80. The normalized spacial score (nSPS) is 16.7. The fourth-order valence-electron chi connectivity index (χ4n) is 2.41. The van der Waals surface area contributed by atoms with E-state index < -0.39 is 0 Å². The average Bonchev–Trinajstić information content (AvgIpc) is 2.77. The van der Waals surface area contributed by atoms with Gasteiger partial charge in [0.1, 0.15) is 5.82 Å². The van der Waals surface area contributed by atoms with E-state index in [0.717, 1.165) is 29.7 Å². The molecule has 2 rings (SSSR count). The first-order chi connectivity index (χ1) is 8.63. The maximum Gasteiger partial charge on any atom is 0.124 e. The summed E-state index contributed by atoms with van der Waals surface area (Å²) < 4.78 is 14.1. The Morgan fingerprint density at radius 2 is 2.00 bits per heavy atom. The van der Waals surface area contributed by atoms with Gasteiger partial charge in [0.2, 0.25) is 0 Å². The summed E-state index contributed by atoms with van der Waals surface area (Å²) in [7, 11) is 2.09. The van der Waals surface area contributed by atoms with Crippen LogP contribution in [0.25, 0.3) is 0 Å². The molecule has 1 aliphatic heterocycles. The van der Waals surface area contributed by atoms with Gasteiger partial charge >= 0.3 is 0 Å². The number of likely N-dealkylation sites (tertiary alicyclic amines) is 1. The van der Waals surface area contributed by atoms with Crippen molar-refractivity contribution in [3.8, 4) is 0 Å². The molecule has 0 aromatic heterocycles. The second-order valence-electron chi connectivity index (χ2n) is 5.06. The van der Waals surface area contributed by atoms with E-state index in [2.05, 4.69) is 32.8 Å². The van der Waals surface area contributed by atoms with Gasteiger partial charge in [0.25, 0.3) is 0 Å². The van der Waals surface area contributed by atoms with Gasteiger partial charge in [-0.3, -0.25) is 0 Å². The number of benzene rings is 1. The molecule has 100 valence electrons. The maximum absolute atomic E-state index is 13.3.